The molecule has 190 valence electrons. The number of carbonyl (C=O) groups is 3. The summed E-state index contributed by atoms with van der Waals surface area (Å²) in [5.74, 6) is -3.41. The highest BCUT2D eigenvalue weighted by Gasteiger charge is 2.45. The van der Waals surface area contributed by atoms with Gasteiger partial charge in [-0.15, -0.1) is 12.3 Å². The molecule has 2 unspecified atom stereocenters. The second-order valence-electron chi connectivity index (χ2n) is 8.80. The van der Waals surface area contributed by atoms with Crippen molar-refractivity contribution in [3.63, 3.8) is 0 Å². The van der Waals surface area contributed by atoms with Crippen LogP contribution in [0.25, 0.3) is 0 Å². The molecule has 1 saturated heterocycles. The molecule has 0 radical (unpaired) electrons. The number of likely N-dealkylation sites (N-methyl/N-ethyl adjacent to an activating group) is 1. The highest BCUT2D eigenvalue weighted by Crippen LogP contribution is 2.38. The highest BCUT2D eigenvalue weighted by molar-refractivity contribution is 5.93. The molecule has 0 aliphatic carbocycles. The lowest BCUT2D eigenvalue weighted by atomic mass is 10.00. The standard InChI is InChI=1S/C23H30F2N6O4/c1-5-8-9-23(28-29-23)10-11-31(21(34)15-12-18(32)30(7-3)14-15)19(20(33)26-6-2)16-13-17(35-27-16)22(4,24)25/h1,13,15,19H,6-12,14H2,2-4H3,(H,26,33). The minimum absolute atomic E-state index is 0.000622. The number of nitrogens with zero attached hydrogens (tertiary/aromatic N) is 5. The van der Waals surface area contributed by atoms with Crippen LogP contribution in [0.1, 0.15) is 64.0 Å². The van der Waals surface area contributed by atoms with Gasteiger partial charge >= 0.3 is 5.92 Å². The van der Waals surface area contributed by atoms with E-state index in [2.05, 4.69) is 26.6 Å². The fraction of sp³-hybridized carbons (Fsp3) is 0.652. The van der Waals surface area contributed by atoms with Crippen LogP contribution in [0.2, 0.25) is 0 Å². The average Bonchev–Trinajstić information content (AvgIpc) is 3.21. The zero-order valence-electron chi connectivity index (χ0n) is 20.1. The summed E-state index contributed by atoms with van der Waals surface area (Å²) in [7, 11) is 0. The molecule has 0 bridgehead atoms. The fourth-order valence-corrected chi connectivity index (χ4v) is 4.14. The van der Waals surface area contributed by atoms with Crippen molar-refractivity contribution < 1.29 is 27.7 Å². The van der Waals surface area contributed by atoms with E-state index in [9.17, 15) is 23.2 Å². The molecule has 12 heteroatoms. The number of nitrogens with one attached hydrogen (secondary N) is 1. The van der Waals surface area contributed by atoms with E-state index in [4.69, 9.17) is 10.9 Å². The molecular weight excluding hydrogens is 462 g/mol. The van der Waals surface area contributed by atoms with Crippen LogP contribution in [0.3, 0.4) is 0 Å². The maximum atomic E-state index is 13.8. The minimum atomic E-state index is -3.32. The average molecular weight is 493 g/mol. The Balaban J connectivity index is 1.94. The van der Waals surface area contributed by atoms with Gasteiger partial charge in [-0.3, -0.25) is 14.4 Å². The van der Waals surface area contributed by atoms with Gasteiger partial charge < -0.3 is 19.6 Å². The van der Waals surface area contributed by atoms with Crippen LogP contribution in [0.5, 0.6) is 0 Å². The van der Waals surface area contributed by atoms with Gasteiger partial charge in [0, 0.05) is 64.9 Å². The van der Waals surface area contributed by atoms with Crippen LogP contribution >= 0.6 is 0 Å². The monoisotopic (exact) mass is 492 g/mol. The third kappa shape index (κ3) is 6.01. The number of alkyl halides is 2. The fourth-order valence-electron chi connectivity index (χ4n) is 4.14. The number of carbonyl (C=O) groups excluding carboxylic acids is 3. The summed E-state index contributed by atoms with van der Waals surface area (Å²) in [5, 5.41) is 14.5. The van der Waals surface area contributed by atoms with E-state index in [0.29, 0.717) is 26.3 Å². The Morgan fingerprint density at radius 2 is 2.11 bits per heavy atom. The zero-order valence-corrected chi connectivity index (χ0v) is 20.1. The number of rotatable bonds is 12. The summed E-state index contributed by atoms with van der Waals surface area (Å²) in [4.78, 5) is 42.0. The van der Waals surface area contributed by atoms with Crippen molar-refractivity contribution in [1.29, 1.82) is 0 Å². The Morgan fingerprint density at radius 3 is 2.63 bits per heavy atom. The van der Waals surface area contributed by atoms with Gasteiger partial charge in [-0.1, -0.05) is 5.16 Å². The molecule has 35 heavy (non-hydrogen) atoms. The normalized spacial score (nSPS) is 19.4. The molecule has 2 aliphatic heterocycles. The molecule has 0 saturated carbocycles. The van der Waals surface area contributed by atoms with Crippen LogP contribution in [0.15, 0.2) is 20.8 Å². The molecule has 1 fully saturated rings. The third-order valence-electron chi connectivity index (χ3n) is 6.19. The van der Waals surface area contributed by atoms with Crippen LogP contribution in [-0.4, -0.2) is 64.5 Å². The van der Waals surface area contributed by atoms with E-state index in [1.165, 1.54) is 4.90 Å². The second-order valence-corrected chi connectivity index (χ2v) is 8.80. The van der Waals surface area contributed by atoms with Crippen molar-refractivity contribution in [2.45, 2.75) is 64.1 Å². The van der Waals surface area contributed by atoms with Gasteiger partial charge in [0.15, 0.2) is 11.7 Å². The van der Waals surface area contributed by atoms with Crippen molar-refractivity contribution in [1.82, 2.24) is 20.3 Å². The van der Waals surface area contributed by atoms with Crippen LogP contribution in [0, 0.1) is 18.3 Å². The van der Waals surface area contributed by atoms with Crippen molar-refractivity contribution in [3.05, 3.63) is 17.5 Å². The van der Waals surface area contributed by atoms with E-state index >= 15 is 0 Å². The maximum Gasteiger partial charge on any atom is 0.304 e. The number of amides is 3. The molecule has 0 aromatic carbocycles. The van der Waals surface area contributed by atoms with Crippen LogP contribution in [-0.2, 0) is 20.3 Å². The predicted octanol–water partition coefficient (Wildman–Crippen LogP) is 2.63. The number of hydrogen-bond donors (Lipinski definition) is 1. The molecule has 3 heterocycles. The van der Waals surface area contributed by atoms with E-state index in [-0.39, 0.29) is 44.1 Å². The van der Waals surface area contributed by atoms with Gasteiger partial charge in [0.1, 0.15) is 5.69 Å². The Bertz CT molecular complexity index is 1020. The molecule has 0 spiro atoms. The number of halogens is 2. The van der Waals surface area contributed by atoms with E-state index in [1.54, 1.807) is 11.8 Å². The molecule has 3 rings (SSSR count). The lowest BCUT2D eigenvalue weighted by Crippen LogP contribution is -2.47. The molecule has 1 aromatic heterocycles. The summed E-state index contributed by atoms with van der Waals surface area (Å²) in [5.41, 5.74) is -0.872. The molecular formula is C23H30F2N6O4. The van der Waals surface area contributed by atoms with Gasteiger partial charge in [-0.25, -0.2) is 0 Å². The highest BCUT2D eigenvalue weighted by atomic mass is 19.3. The van der Waals surface area contributed by atoms with E-state index in [1.807, 2.05) is 6.92 Å². The summed E-state index contributed by atoms with van der Waals surface area (Å²) in [6, 6.07) is -0.352. The Hall–Kier alpha value is -3.36. The summed E-state index contributed by atoms with van der Waals surface area (Å²) in [6.45, 7) is 5.09. The topological polar surface area (TPSA) is 120 Å². The van der Waals surface area contributed by atoms with Crippen LogP contribution in [0.4, 0.5) is 8.78 Å². The smallest absolute Gasteiger partial charge is 0.304 e. The lowest BCUT2D eigenvalue weighted by molar-refractivity contribution is -0.144. The van der Waals surface area contributed by atoms with Crippen molar-refractivity contribution in [2.75, 3.05) is 26.2 Å². The molecule has 10 nitrogen and oxygen atoms in total. The number of aromatic nitrogens is 1. The quantitative estimate of drug-likeness (QED) is 0.450. The minimum Gasteiger partial charge on any atom is -0.355 e. The summed E-state index contributed by atoms with van der Waals surface area (Å²) < 4.78 is 32.5. The predicted molar refractivity (Wildman–Crippen MR) is 120 cm³/mol. The first-order valence-electron chi connectivity index (χ1n) is 11.6. The largest absolute Gasteiger partial charge is 0.355 e. The number of hydrogen-bond acceptors (Lipinski definition) is 7. The lowest BCUT2D eigenvalue weighted by Gasteiger charge is -2.32. The van der Waals surface area contributed by atoms with Crippen molar-refractivity contribution in [3.8, 4) is 12.3 Å². The first-order valence-corrected chi connectivity index (χ1v) is 11.6. The van der Waals surface area contributed by atoms with Gasteiger partial charge in [-0.05, 0) is 13.8 Å². The first kappa shape index (κ1) is 26.2. The van der Waals surface area contributed by atoms with Crippen molar-refractivity contribution in [2.24, 2.45) is 16.1 Å². The summed E-state index contributed by atoms with van der Waals surface area (Å²) >= 11 is 0. The number of terminal acetylenes is 1. The first-order chi connectivity index (χ1) is 16.5. The summed E-state index contributed by atoms with van der Waals surface area (Å²) in [6.07, 6.45) is 6.55. The van der Waals surface area contributed by atoms with Crippen LogP contribution < -0.4 is 5.32 Å². The molecule has 2 aliphatic rings. The molecule has 3 amide bonds. The number of likely N-dealkylation sites (tertiary alicyclic amines) is 1. The maximum absolute atomic E-state index is 13.8. The SMILES string of the molecule is C#CCCC1(CCN(C(=O)C2CC(=O)N(CC)C2)C(C(=O)NCC)c2cc(C(C)(F)F)on2)N=N1. The van der Waals surface area contributed by atoms with Gasteiger partial charge in [0.25, 0.3) is 0 Å². The Morgan fingerprint density at radius 1 is 1.40 bits per heavy atom. The third-order valence-corrected chi connectivity index (χ3v) is 6.19. The molecule has 1 aromatic rings. The molecule has 1 N–H and O–H groups in total. The van der Waals surface area contributed by atoms with Gasteiger partial charge in [0.2, 0.25) is 23.5 Å². The molecule has 2 atom stereocenters. The van der Waals surface area contributed by atoms with E-state index < -0.39 is 41.1 Å². The second kappa shape index (κ2) is 10.5. The van der Waals surface area contributed by atoms with Crippen molar-refractivity contribution >= 4 is 17.7 Å². The Labute approximate surface area is 202 Å². The van der Waals surface area contributed by atoms with E-state index in [0.717, 1.165) is 6.07 Å². The van der Waals surface area contributed by atoms with Gasteiger partial charge in [-0.2, -0.15) is 19.0 Å². The Kier molecular flexibility index (Phi) is 7.87. The zero-order chi connectivity index (χ0) is 25.8. The van der Waals surface area contributed by atoms with Gasteiger partial charge in [0.05, 0.1) is 5.92 Å².